The molecule has 19 heavy (non-hydrogen) atoms. The SMILES string of the molecule is CC1(C)CC2(C=C(C#N)C1=O)CNc1ccccc12. The summed E-state index contributed by atoms with van der Waals surface area (Å²) in [7, 11) is 0. The van der Waals surface area contributed by atoms with Crippen molar-refractivity contribution in [1.82, 2.24) is 0 Å². The first-order valence-corrected chi connectivity index (χ1v) is 6.50. The number of benzene rings is 1. The number of Topliss-reactive ketones (excluding diaryl/α,β-unsaturated/α-hetero) is 1. The largest absolute Gasteiger partial charge is 0.384 e. The molecule has 1 heterocycles. The third-order valence-electron chi connectivity index (χ3n) is 4.22. The number of carbonyl (C=O) groups excluding carboxylic acids is 1. The summed E-state index contributed by atoms with van der Waals surface area (Å²) >= 11 is 0. The number of nitrogens with zero attached hydrogens (tertiary/aromatic N) is 1. The van der Waals surface area contributed by atoms with Gasteiger partial charge < -0.3 is 5.32 Å². The Bertz CT molecular complexity index is 636. The minimum atomic E-state index is -0.487. The number of rotatable bonds is 0. The molecule has 0 saturated heterocycles. The van der Waals surface area contributed by atoms with Gasteiger partial charge in [0.2, 0.25) is 0 Å². The first-order valence-electron chi connectivity index (χ1n) is 6.50. The highest BCUT2D eigenvalue weighted by Gasteiger charge is 2.48. The zero-order valence-corrected chi connectivity index (χ0v) is 11.2. The lowest BCUT2D eigenvalue weighted by atomic mass is 9.62. The lowest BCUT2D eigenvalue weighted by molar-refractivity contribution is -0.124. The smallest absolute Gasteiger partial charge is 0.178 e. The Morgan fingerprint density at radius 2 is 2.05 bits per heavy atom. The second-order valence-corrected chi connectivity index (χ2v) is 6.11. The van der Waals surface area contributed by atoms with Crippen LogP contribution in [-0.4, -0.2) is 12.3 Å². The summed E-state index contributed by atoms with van der Waals surface area (Å²) in [6.45, 7) is 4.62. The molecule has 96 valence electrons. The Balaban J connectivity index is 2.20. The molecule has 3 nitrogen and oxygen atoms in total. The van der Waals surface area contributed by atoms with Crippen LogP contribution >= 0.6 is 0 Å². The quantitative estimate of drug-likeness (QED) is 0.772. The van der Waals surface area contributed by atoms with E-state index in [1.807, 2.05) is 38.1 Å². The highest BCUT2D eigenvalue weighted by Crippen LogP contribution is 2.49. The molecule has 0 saturated carbocycles. The van der Waals surface area contributed by atoms with Crippen molar-refractivity contribution in [3.63, 3.8) is 0 Å². The van der Waals surface area contributed by atoms with Gasteiger partial charge >= 0.3 is 0 Å². The molecule has 0 amide bonds. The molecular formula is C16H16N2O. The monoisotopic (exact) mass is 252 g/mol. The number of nitriles is 1. The Kier molecular flexibility index (Phi) is 2.34. The van der Waals surface area contributed by atoms with Gasteiger partial charge in [0.15, 0.2) is 5.78 Å². The van der Waals surface area contributed by atoms with Crippen LogP contribution in [0.1, 0.15) is 25.8 Å². The lowest BCUT2D eigenvalue weighted by Gasteiger charge is -2.38. The maximum Gasteiger partial charge on any atom is 0.178 e. The zero-order chi connectivity index (χ0) is 13.7. The van der Waals surface area contributed by atoms with E-state index in [-0.39, 0.29) is 11.2 Å². The van der Waals surface area contributed by atoms with Gasteiger partial charge in [-0.25, -0.2) is 0 Å². The summed E-state index contributed by atoms with van der Waals surface area (Å²) in [5.74, 6) is -0.0370. The Labute approximate surface area is 112 Å². The molecule has 0 fully saturated rings. The third-order valence-corrected chi connectivity index (χ3v) is 4.22. The number of carbonyl (C=O) groups is 1. The first-order chi connectivity index (χ1) is 8.98. The number of para-hydroxylation sites is 1. The van der Waals surface area contributed by atoms with E-state index in [1.54, 1.807) is 0 Å². The fourth-order valence-electron chi connectivity index (χ4n) is 3.42. The van der Waals surface area contributed by atoms with E-state index in [9.17, 15) is 10.1 Å². The van der Waals surface area contributed by atoms with Crippen molar-refractivity contribution in [3.8, 4) is 6.07 Å². The normalized spacial score (nSPS) is 27.4. The molecule has 1 spiro atoms. The number of hydrogen-bond donors (Lipinski definition) is 1. The van der Waals surface area contributed by atoms with Crippen LogP contribution in [0.25, 0.3) is 0 Å². The number of ketones is 1. The average Bonchev–Trinajstić information content (AvgIpc) is 2.73. The number of nitrogens with one attached hydrogen (secondary N) is 1. The van der Waals surface area contributed by atoms with Crippen LogP contribution in [0.5, 0.6) is 0 Å². The molecule has 0 bridgehead atoms. The van der Waals surface area contributed by atoms with Gasteiger partial charge in [-0.1, -0.05) is 38.1 Å². The minimum Gasteiger partial charge on any atom is -0.384 e. The maximum absolute atomic E-state index is 12.2. The molecule has 1 atom stereocenters. The summed E-state index contributed by atoms with van der Waals surface area (Å²) in [6.07, 6.45) is 2.62. The van der Waals surface area contributed by atoms with Gasteiger partial charge in [-0.05, 0) is 18.1 Å². The van der Waals surface area contributed by atoms with Crippen molar-refractivity contribution < 1.29 is 4.79 Å². The van der Waals surface area contributed by atoms with Gasteiger partial charge in [-0.3, -0.25) is 4.79 Å². The third kappa shape index (κ3) is 1.60. The van der Waals surface area contributed by atoms with E-state index in [0.717, 1.165) is 18.7 Å². The second-order valence-electron chi connectivity index (χ2n) is 6.11. The van der Waals surface area contributed by atoms with Crippen molar-refractivity contribution in [1.29, 1.82) is 5.26 Å². The number of fused-ring (bicyclic) bond motifs is 2. The van der Waals surface area contributed by atoms with Gasteiger partial charge in [0.1, 0.15) is 6.07 Å². The molecule has 0 radical (unpaired) electrons. The van der Waals surface area contributed by atoms with E-state index >= 15 is 0 Å². The van der Waals surface area contributed by atoms with E-state index in [2.05, 4.69) is 17.5 Å². The van der Waals surface area contributed by atoms with E-state index in [0.29, 0.717) is 5.57 Å². The van der Waals surface area contributed by atoms with Crippen molar-refractivity contribution in [2.75, 3.05) is 11.9 Å². The van der Waals surface area contributed by atoms with Crippen molar-refractivity contribution in [2.24, 2.45) is 5.41 Å². The minimum absolute atomic E-state index is 0.0370. The molecule has 1 aliphatic carbocycles. The van der Waals surface area contributed by atoms with E-state index in [1.165, 1.54) is 5.56 Å². The van der Waals surface area contributed by atoms with Crippen LogP contribution in [-0.2, 0) is 10.2 Å². The summed E-state index contributed by atoms with van der Waals surface area (Å²) in [6, 6.07) is 10.2. The predicted molar refractivity (Wildman–Crippen MR) is 73.7 cm³/mol. The highest BCUT2D eigenvalue weighted by molar-refractivity contribution is 6.04. The molecule has 1 N–H and O–H groups in total. The van der Waals surface area contributed by atoms with Gasteiger partial charge in [-0.15, -0.1) is 0 Å². The van der Waals surface area contributed by atoms with Crippen LogP contribution in [0.2, 0.25) is 0 Å². The van der Waals surface area contributed by atoms with Gasteiger partial charge in [0.05, 0.1) is 5.57 Å². The summed E-state index contributed by atoms with van der Waals surface area (Å²) in [5.41, 5.74) is 1.90. The van der Waals surface area contributed by atoms with Crippen molar-refractivity contribution in [3.05, 3.63) is 41.5 Å². The van der Waals surface area contributed by atoms with E-state index < -0.39 is 5.41 Å². The van der Waals surface area contributed by atoms with Crippen molar-refractivity contribution in [2.45, 2.75) is 25.7 Å². The molecule has 1 unspecified atom stereocenters. The average molecular weight is 252 g/mol. The Hall–Kier alpha value is -2.08. The Morgan fingerprint density at radius 1 is 1.32 bits per heavy atom. The number of hydrogen-bond acceptors (Lipinski definition) is 3. The van der Waals surface area contributed by atoms with Gasteiger partial charge in [0.25, 0.3) is 0 Å². The molecule has 2 aliphatic rings. The second kappa shape index (κ2) is 3.71. The molecule has 1 aliphatic heterocycles. The number of allylic oxidation sites excluding steroid dienone is 1. The van der Waals surface area contributed by atoms with Gasteiger partial charge in [0, 0.05) is 23.1 Å². The van der Waals surface area contributed by atoms with Crippen LogP contribution in [0, 0.1) is 16.7 Å². The summed E-state index contributed by atoms with van der Waals surface area (Å²) < 4.78 is 0. The molecule has 0 aromatic heterocycles. The lowest BCUT2D eigenvalue weighted by Crippen LogP contribution is -2.42. The molecule has 1 aromatic carbocycles. The molecule has 1 aromatic rings. The highest BCUT2D eigenvalue weighted by atomic mass is 16.1. The first kappa shape index (κ1) is 12.0. The fourth-order valence-corrected chi connectivity index (χ4v) is 3.42. The zero-order valence-electron chi connectivity index (χ0n) is 11.2. The van der Waals surface area contributed by atoms with Crippen molar-refractivity contribution >= 4 is 11.5 Å². The van der Waals surface area contributed by atoms with E-state index in [4.69, 9.17) is 0 Å². The molecule has 3 rings (SSSR count). The van der Waals surface area contributed by atoms with Crippen LogP contribution in [0.15, 0.2) is 35.9 Å². The molecular weight excluding hydrogens is 236 g/mol. The maximum atomic E-state index is 12.2. The summed E-state index contributed by atoms with van der Waals surface area (Å²) in [5, 5.41) is 12.6. The fraction of sp³-hybridized carbons (Fsp3) is 0.375. The van der Waals surface area contributed by atoms with Gasteiger partial charge in [-0.2, -0.15) is 5.26 Å². The van der Waals surface area contributed by atoms with Crippen LogP contribution in [0.3, 0.4) is 0 Å². The standard InChI is InChI=1S/C16H16N2O/c1-15(2)9-16(7-11(8-17)14(15)19)10-18-13-6-4-3-5-12(13)16/h3-7,18H,9-10H2,1-2H3. The van der Waals surface area contributed by atoms with Crippen LogP contribution < -0.4 is 5.32 Å². The predicted octanol–water partition coefficient (Wildman–Crippen LogP) is 2.80. The molecule has 3 heteroatoms. The van der Waals surface area contributed by atoms with Crippen LogP contribution in [0.4, 0.5) is 5.69 Å². The number of anilines is 1. The Morgan fingerprint density at radius 3 is 2.79 bits per heavy atom. The summed E-state index contributed by atoms with van der Waals surface area (Å²) in [4.78, 5) is 12.2. The topological polar surface area (TPSA) is 52.9 Å².